The zero-order valence-electron chi connectivity index (χ0n) is 15.9. The van der Waals surface area contributed by atoms with Gasteiger partial charge in [-0.3, -0.25) is 15.0 Å². The van der Waals surface area contributed by atoms with Crippen LogP contribution in [0.3, 0.4) is 0 Å². The minimum Gasteiger partial charge on any atom is -0.465 e. The normalized spacial score (nSPS) is 17.7. The second-order valence-electron chi connectivity index (χ2n) is 7.16. The summed E-state index contributed by atoms with van der Waals surface area (Å²) in [5, 5.41) is 12.6. The van der Waals surface area contributed by atoms with Gasteiger partial charge in [0.05, 0.1) is 11.2 Å². The summed E-state index contributed by atoms with van der Waals surface area (Å²) < 4.78 is 2.06. The summed E-state index contributed by atoms with van der Waals surface area (Å²) in [4.78, 5) is 38.0. The predicted molar refractivity (Wildman–Crippen MR) is 105 cm³/mol. The summed E-state index contributed by atoms with van der Waals surface area (Å²) in [5.41, 5.74) is 4.98. The zero-order chi connectivity index (χ0) is 20.0. The maximum atomic E-state index is 12.4. The highest BCUT2D eigenvalue weighted by Gasteiger charge is 2.28. The van der Waals surface area contributed by atoms with E-state index < -0.39 is 12.1 Å². The number of urea groups is 1. The van der Waals surface area contributed by atoms with Crippen LogP contribution in [0.15, 0.2) is 24.3 Å². The van der Waals surface area contributed by atoms with E-state index in [2.05, 4.69) is 9.88 Å². The summed E-state index contributed by atoms with van der Waals surface area (Å²) in [6, 6.07) is 5.43. The molecule has 0 atom stereocenters. The molecule has 4 rings (SSSR count). The average Bonchev–Trinajstić information content (AvgIpc) is 2.93. The van der Waals surface area contributed by atoms with Crippen LogP contribution in [0.5, 0.6) is 0 Å². The Morgan fingerprint density at radius 2 is 1.96 bits per heavy atom. The summed E-state index contributed by atoms with van der Waals surface area (Å²) >= 11 is 0. The highest BCUT2D eigenvalue weighted by atomic mass is 16.4. The maximum absolute atomic E-state index is 12.4. The molecule has 28 heavy (non-hydrogen) atoms. The number of fused-ring (bicyclic) bond motifs is 1. The second-order valence-corrected chi connectivity index (χ2v) is 7.16. The third-order valence-electron chi connectivity index (χ3n) is 5.63. The van der Waals surface area contributed by atoms with Crippen molar-refractivity contribution in [1.82, 2.24) is 14.8 Å². The largest absolute Gasteiger partial charge is 0.465 e. The maximum Gasteiger partial charge on any atom is 0.407 e. The molecular weight excluding hydrogens is 360 g/mol. The number of para-hydroxylation sites is 1. The molecule has 0 unspecified atom stereocenters. The van der Waals surface area contributed by atoms with Crippen LogP contribution in [-0.2, 0) is 11.8 Å². The van der Waals surface area contributed by atoms with E-state index in [-0.39, 0.29) is 12.3 Å². The molecule has 4 amide bonds. The van der Waals surface area contributed by atoms with Crippen molar-refractivity contribution >= 4 is 40.2 Å². The number of hydrogen-bond donors (Lipinski definition) is 2. The molecule has 1 aromatic heterocycles. The van der Waals surface area contributed by atoms with E-state index in [1.807, 2.05) is 38.2 Å². The van der Waals surface area contributed by atoms with Crippen molar-refractivity contribution in [2.75, 3.05) is 24.5 Å². The average molecular weight is 382 g/mol. The highest BCUT2D eigenvalue weighted by Crippen LogP contribution is 2.38. The van der Waals surface area contributed by atoms with E-state index in [1.54, 1.807) is 4.90 Å². The molecule has 2 aromatic rings. The molecule has 2 aliphatic rings. The van der Waals surface area contributed by atoms with Crippen molar-refractivity contribution in [3.63, 3.8) is 0 Å². The van der Waals surface area contributed by atoms with Gasteiger partial charge in [-0.25, -0.2) is 9.59 Å². The topological polar surface area (TPSA) is 94.9 Å². The highest BCUT2D eigenvalue weighted by molar-refractivity contribution is 6.11. The van der Waals surface area contributed by atoms with Crippen molar-refractivity contribution < 1.29 is 19.5 Å². The number of benzene rings is 1. The minimum atomic E-state index is -0.905. The fourth-order valence-corrected chi connectivity index (χ4v) is 4.10. The molecule has 1 saturated heterocycles. The number of hydrogen-bond acceptors (Lipinski definition) is 3. The zero-order valence-corrected chi connectivity index (χ0v) is 15.9. The number of carbonyl (C=O) groups excluding carboxylic acids is 2. The van der Waals surface area contributed by atoms with Gasteiger partial charge >= 0.3 is 12.1 Å². The molecule has 0 saturated carbocycles. The van der Waals surface area contributed by atoms with Crippen LogP contribution in [0, 0.1) is 6.92 Å². The second kappa shape index (κ2) is 6.70. The molecule has 0 bridgehead atoms. The van der Waals surface area contributed by atoms with E-state index in [1.165, 1.54) is 4.90 Å². The van der Waals surface area contributed by atoms with E-state index >= 15 is 0 Å². The Balaban J connectivity index is 1.81. The third-order valence-corrected chi connectivity index (χ3v) is 5.63. The smallest absolute Gasteiger partial charge is 0.407 e. The quantitative estimate of drug-likeness (QED) is 0.835. The van der Waals surface area contributed by atoms with Gasteiger partial charge in [0.25, 0.3) is 0 Å². The summed E-state index contributed by atoms with van der Waals surface area (Å²) in [6.07, 6.45) is 1.99. The van der Waals surface area contributed by atoms with Gasteiger partial charge in [-0.1, -0.05) is 18.2 Å². The van der Waals surface area contributed by atoms with Gasteiger partial charge in [0, 0.05) is 49.7 Å². The number of nitrogens with zero attached hydrogens (tertiary/aromatic N) is 3. The van der Waals surface area contributed by atoms with Gasteiger partial charge in [0.15, 0.2) is 0 Å². The van der Waals surface area contributed by atoms with E-state index in [0.29, 0.717) is 26.1 Å². The number of rotatable bonds is 2. The SMILES string of the molecule is Cc1c(C2=CCN(C(=O)O)CC2)c2cccc(N3CCC(=O)NC3=O)c2n1C. The number of carboxylic acid groups (broad SMARTS) is 1. The number of imide groups is 1. The first kappa shape index (κ1) is 18.1. The number of nitrogens with one attached hydrogen (secondary N) is 1. The number of amides is 4. The van der Waals surface area contributed by atoms with Crippen molar-refractivity contribution in [1.29, 1.82) is 0 Å². The molecule has 3 heterocycles. The molecule has 0 spiro atoms. The summed E-state index contributed by atoms with van der Waals surface area (Å²) in [5.74, 6) is -0.257. The fraction of sp³-hybridized carbons (Fsp3) is 0.350. The van der Waals surface area contributed by atoms with Crippen LogP contribution in [-0.4, -0.2) is 52.2 Å². The standard InChI is InChI=1S/C20H22N4O4/c1-12-17(13-6-9-23(10-7-13)20(27)28)14-4-3-5-15(18(14)22(12)2)24-11-8-16(25)21-19(24)26/h3-6H,7-11H2,1-2H3,(H,27,28)(H,21,25,26). The Kier molecular flexibility index (Phi) is 4.33. The van der Waals surface area contributed by atoms with Crippen LogP contribution in [0.2, 0.25) is 0 Å². The van der Waals surface area contributed by atoms with E-state index in [4.69, 9.17) is 0 Å². The van der Waals surface area contributed by atoms with E-state index in [9.17, 15) is 19.5 Å². The molecule has 0 aliphatic carbocycles. The third kappa shape index (κ3) is 2.81. The van der Waals surface area contributed by atoms with Crippen molar-refractivity contribution in [2.24, 2.45) is 7.05 Å². The molecule has 146 valence electrons. The van der Waals surface area contributed by atoms with Crippen molar-refractivity contribution in [3.8, 4) is 0 Å². The van der Waals surface area contributed by atoms with Crippen LogP contribution in [0.1, 0.15) is 24.1 Å². The lowest BCUT2D eigenvalue weighted by atomic mass is 9.96. The Labute approximate surface area is 162 Å². The lowest BCUT2D eigenvalue weighted by Gasteiger charge is -2.27. The van der Waals surface area contributed by atoms with Crippen LogP contribution < -0.4 is 10.2 Å². The first-order valence-electron chi connectivity index (χ1n) is 9.25. The Morgan fingerprint density at radius 1 is 1.18 bits per heavy atom. The molecule has 8 nitrogen and oxygen atoms in total. The lowest BCUT2D eigenvalue weighted by Crippen LogP contribution is -2.49. The first-order chi connectivity index (χ1) is 13.4. The molecule has 2 N–H and O–H groups in total. The number of aromatic nitrogens is 1. The molecule has 2 aliphatic heterocycles. The van der Waals surface area contributed by atoms with Crippen LogP contribution >= 0.6 is 0 Å². The first-order valence-corrected chi connectivity index (χ1v) is 9.25. The Hall–Kier alpha value is -3.29. The minimum absolute atomic E-state index is 0.257. The van der Waals surface area contributed by atoms with Gasteiger partial charge in [-0.15, -0.1) is 0 Å². The van der Waals surface area contributed by atoms with E-state index in [0.717, 1.165) is 33.4 Å². The lowest BCUT2D eigenvalue weighted by molar-refractivity contribution is -0.120. The summed E-state index contributed by atoms with van der Waals surface area (Å²) in [6.45, 7) is 3.22. The number of carbonyl (C=O) groups is 3. The molecule has 1 aromatic carbocycles. The van der Waals surface area contributed by atoms with Gasteiger partial charge < -0.3 is 14.6 Å². The molecule has 0 radical (unpaired) electrons. The number of aryl methyl sites for hydroxylation is 1. The molecule has 8 heteroatoms. The molecule has 1 fully saturated rings. The monoisotopic (exact) mass is 382 g/mol. The van der Waals surface area contributed by atoms with Gasteiger partial charge in [0.2, 0.25) is 5.91 Å². The van der Waals surface area contributed by atoms with Gasteiger partial charge in [0.1, 0.15) is 0 Å². The van der Waals surface area contributed by atoms with Crippen molar-refractivity contribution in [3.05, 3.63) is 35.5 Å². The van der Waals surface area contributed by atoms with Crippen LogP contribution in [0.4, 0.5) is 15.3 Å². The fourth-order valence-electron chi connectivity index (χ4n) is 4.10. The number of anilines is 1. The summed E-state index contributed by atoms with van der Waals surface area (Å²) in [7, 11) is 1.96. The molecular formula is C20H22N4O4. The van der Waals surface area contributed by atoms with Gasteiger partial charge in [-0.05, 0) is 25.0 Å². The predicted octanol–water partition coefficient (Wildman–Crippen LogP) is 2.70. The van der Waals surface area contributed by atoms with Gasteiger partial charge in [-0.2, -0.15) is 0 Å². The Morgan fingerprint density at radius 3 is 2.61 bits per heavy atom. The van der Waals surface area contributed by atoms with Crippen molar-refractivity contribution in [2.45, 2.75) is 19.8 Å². The Bertz CT molecular complexity index is 1040. The van der Waals surface area contributed by atoms with Crippen LogP contribution in [0.25, 0.3) is 16.5 Å².